The first kappa shape index (κ1) is 21.7. The van der Waals surface area contributed by atoms with Crippen molar-refractivity contribution >= 4 is 0 Å². The molecule has 0 bridgehead atoms. The zero-order valence-electron chi connectivity index (χ0n) is 20.4. The van der Waals surface area contributed by atoms with E-state index >= 15 is 0 Å². The van der Waals surface area contributed by atoms with Crippen molar-refractivity contribution in [2.45, 2.75) is 112 Å². The van der Waals surface area contributed by atoms with Crippen LogP contribution >= 0.6 is 0 Å². The van der Waals surface area contributed by atoms with Crippen LogP contribution in [0.2, 0.25) is 0 Å². The van der Waals surface area contributed by atoms with Gasteiger partial charge in [0.2, 0.25) is 0 Å². The van der Waals surface area contributed by atoms with E-state index < -0.39 is 0 Å². The van der Waals surface area contributed by atoms with Gasteiger partial charge in [0.25, 0.3) is 0 Å². The number of hydrogen-bond donors (Lipinski definition) is 0. The van der Waals surface area contributed by atoms with Crippen LogP contribution in [0.25, 0.3) is 0 Å². The lowest BCUT2D eigenvalue weighted by atomic mass is 9.49. The summed E-state index contributed by atoms with van der Waals surface area (Å²) in [4.78, 5) is 0. The molecule has 0 amide bonds. The van der Waals surface area contributed by atoms with E-state index in [2.05, 4.69) is 53.7 Å². The van der Waals surface area contributed by atoms with Crippen molar-refractivity contribution in [2.24, 2.45) is 46.3 Å². The monoisotopic (exact) mass is 396 g/mol. The van der Waals surface area contributed by atoms with Crippen LogP contribution < -0.4 is 0 Å². The lowest BCUT2D eigenvalue weighted by Crippen LogP contribution is -2.46. The minimum absolute atomic E-state index is 0.484. The third-order valence-electron chi connectivity index (χ3n) is 10.5. The maximum Gasteiger partial charge on any atom is -0.00474 e. The summed E-state index contributed by atoms with van der Waals surface area (Å²) in [7, 11) is 0. The van der Waals surface area contributed by atoms with Crippen LogP contribution in [0.4, 0.5) is 0 Å². The molecule has 4 aliphatic carbocycles. The van der Waals surface area contributed by atoms with E-state index in [1.165, 1.54) is 70.6 Å². The Balaban J connectivity index is 1.52. The van der Waals surface area contributed by atoms with Gasteiger partial charge in [-0.1, -0.05) is 90.5 Å². The number of fused-ring (bicyclic) bond motifs is 5. The number of hydrogen-bond acceptors (Lipinski definition) is 0. The van der Waals surface area contributed by atoms with Crippen LogP contribution in [0, 0.1) is 46.3 Å². The second-order valence-corrected chi connectivity index (χ2v) is 12.4. The smallest absolute Gasteiger partial charge is 0.00474 e. The fourth-order valence-corrected chi connectivity index (χ4v) is 8.45. The van der Waals surface area contributed by atoms with Gasteiger partial charge in [0, 0.05) is 0 Å². The summed E-state index contributed by atoms with van der Waals surface area (Å²) < 4.78 is 0. The fourth-order valence-electron chi connectivity index (χ4n) is 8.45. The predicted molar refractivity (Wildman–Crippen MR) is 127 cm³/mol. The van der Waals surface area contributed by atoms with Crippen LogP contribution in [0.5, 0.6) is 0 Å². The highest BCUT2D eigenvalue weighted by Crippen LogP contribution is 2.66. The van der Waals surface area contributed by atoms with E-state index in [0.29, 0.717) is 10.8 Å². The van der Waals surface area contributed by atoms with E-state index in [9.17, 15) is 0 Å². The summed E-state index contributed by atoms with van der Waals surface area (Å²) in [5, 5.41) is 0. The standard InChI is InChI=1S/C29H48/c1-7-22-15-17-28(5)23(19-22)11-12-24-26-14-13-25(21(4)10-8-9-20(2)3)29(26,6)18-16-27(24)28/h11-12,20-22,25-27H,7-10,13-19H2,1-6H3. The molecule has 0 aromatic rings. The zero-order valence-corrected chi connectivity index (χ0v) is 20.4. The first-order valence-corrected chi connectivity index (χ1v) is 13.2. The third kappa shape index (κ3) is 3.70. The van der Waals surface area contributed by atoms with Gasteiger partial charge >= 0.3 is 0 Å². The fraction of sp³-hybridized carbons (Fsp3) is 0.862. The molecule has 0 saturated heterocycles. The summed E-state index contributed by atoms with van der Waals surface area (Å²) in [5.74, 6) is 5.40. The molecule has 3 saturated carbocycles. The lowest BCUT2D eigenvalue weighted by Gasteiger charge is -2.55. The Bertz CT molecular complexity index is 651. The van der Waals surface area contributed by atoms with Gasteiger partial charge in [-0.2, -0.15) is 0 Å². The molecule has 0 heteroatoms. The summed E-state index contributed by atoms with van der Waals surface area (Å²) in [6.07, 6.45) is 21.1. The van der Waals surface area contributed by atoms with Crippen molar-refractivity contribution in [3.05, 3.63) is 23.3 Å². The summed E-state index contributed by atoms with van der Waals surface area (Å²) >= 11 is 0. The molecule has 3 fully saturated rings. The number of rotatable bonds is 6. The molecule has 29 heavy (non-hydrogen) atoms. The van der Waals surface area contributed by atoms with E-state index in [1.807, 2.05) is 11.1 Å². The van der Waals surface area contributed by atoms with Crippen LogP contribution in [0.3, 0.4) is 0 Å². The lowest BCUT2D eigenvalue weighted by molar-refractivity contribution is 0.0439. The average molecular weight is 397 g/mol. The molecule has 4 rings (SSSR count). The maximum atomic E-state index is 2.70. The van der Waals surface area contributed by atoms with Gasteiger partial charge < -0.3 is 0 Å². The van der Waals surface area contributed by atoms with Gasteiger partial charge in [-0.15, -0.1) is 0 Å². The van der Waals surface area contributed by atoms with Crippen LogP contribution in [-0.2, 0) is 0 Å². The molecule has 0 spiro atoms. The number of allylic oxidation sites excluding steroid dienone is 4. The summed E-state index contributed by atoms with van der Waals surface area (Å²) in [6, 6.07) is 0. The minimum Gasteiger partial charge on any atom is -0.0651 e. The van der Waals surface area contributed by atoms with Crippen molar-refractivity contribution < 1.29 is 0 Å². The van der Waals surface area contributed by atoms with Crippen molar-refractivity contribution in [3.8, 4) is 0 Å². The summed E-state index contributed by atoms with van der Waals surface area (Å²) in [5.41, 5.74) is 4.75. The van der Waals surface area contributed by atoms with Gasteiger partial charge in [-0.3, -0.25) is 0 Å². The van der Waals surface area contributed by atoms with E-state index in [4.69, 9.17) is 0 Å². The molecule has 0 aromatic carbocycles. The van der Waals surface area contributed by atoms with Gasteiger partial charge in [0.05, 0.1) is 0 Å². The minimum atomic E-state index is 0.484. The van der Waals surface area contributed by atoms with Gasteiger partial charge in [-0.25, -0.2) is 0 Å². The highest BCUT2D eigenvalue weighted by molar-refractivity contribution is 5.38. The van der Waals surface area contributed by atoms with Gasteiger partial charge in [-0.05, 0) is 91.3 Å². The molecule has 0 aliphatic heterocycles. The predicted octanol–water partition coefficient (Wildman–Crippen LogP) is 8.97. The normalized spacial score (nSPS) is 42.6. The zero-order chi connectivity index (χ0) is 20.8. The van der Waals surface area contributed by atoms with Crippen LogP contribution in [-0.4, -0.2) is 0 Å². The second kappa shape index (κ2) is 8.20. The second-order valence-electron chi connectivity index (χ2n) is 12.4. The molecule has 0 radical (unpaired) electrons. The molecule has 0 heterocycles. The Kier molecular flexibility index (Phi) is 6.14. The SMILES string of the molecule is CCC1CCC2(C)C(=CC=C3C2CCC2(C)C3CCC2C(C)CCCC(C)C)C1. The molecule has 0 nitrogen and oxygen atoms in total. The Morgan fingerprint density at radius 3 is 2.45 bits per heavy atom. The maximum absolute atomic E-state index is 2.70. The average Bonchev–Trinajstić information content (AvgIpc) is 3.04. The Morgan fingerprint density at radius 1 is 0.931 bits per heavy atom. The van der Waals surface area contributed by atoms with E-state index in [0.717, 1.165) is 35.5 Å². The van der Waals surface area contributed by atoms with E-state index in [-0.39, 0.29) is 0 Å². The van der Waals surface area contributed by atoms with Crippen LogP contribution in [0.15, 0.2) is 23.3 Å². The van der Waals surface area contributed by atoms with Crippen molar-refractivity contribution in [3.63, 3.8) is 0 Å². The van der Waals surface area contributed by atoms with Crippen molar-refractivity contribution in [1.29, 1.82) is 0 Å². The molecule has 164 valence electrons. The Hall–Kier alpha value is -0.520. The first-order valence-electron chi connectivity index (χ1n) is 13.2. The molecular formula is C29H48. The molecule has 0 aromatic heterocycles. The topological polar surface area (TPSA) is 0 Å². The first-order chi connectivity index (χ1) is 13.8. The van der Waals surface area contributed by atoms with Gasteiger partial charge in [0.1, 0.15) is 0 Å². The largest absolute Gasteiger partial charge is 0.0651 e. The Labute approximate surface area is 182 Å². The quantitative estimate of drug-likeness (QED) is 0.420. The molecule has 4 aliphatic rings. The van der Waals surface area contributed by atoms with E-state index in [1.54, 1.807) is 0 Å². The van der Waals surface area contributed by atoms with Crippen LogP contribution in [0.1, 0.15) is 112 Å². The highest BCUT2D eigenvalue weighted by Gasteiger charge is 2.56. The molecule has 7 atom stereocenters. The third-order valence-corrected chi connectivity index (χ3v) is 10.5. The van der Waals surface area contributed by atoms with Crippen molar-refractivity contribution in [1.82, 2.24) is 0 Å². The summed E-state index contributed by atoms with van der Waals surface area (Å²) in [6.45, 7) is 15.1. The Morgan fingerprint density at radius 2 is 1.72 bits per heavy atom. The van der Waals surface area contributed by atoms with Crippen molar-refractivity contribution in [2.75, 3.05) is 0 Å². The molecular weight excluding hydrogens is 348 g/mol. The molecule has 0 N–H and O–H groups in total. The molecule has 7 unspecified atom stereocenters. The highest BCUT2D eigenvalue weighted by atomic mass is 14.6. The van der Waals surface area contributed by atoms with Gasteiger partial charge in [0.15, 0.2) is 0 Å².